The molecule has 5 heteroatoms. The minimum atomic E-state index is -0.430. The van der Waals surface area contributed by atoms with E-state index in [-0.39, 0.29) is 23.3 Å². The number of aromatic nitrogens is 2. The zero-order valence-corrected chi connectivity index (χ0v) is 19.7. The predicted octanol–water partition coefficient (Wildman–Crippen LogP) is 5.47. The van der Waals surface area contributed by atoms with Crippen molar-refractivity contribution >= 4 is 5.78 Å². The molecule has 34 heavy (non-hydrogen) atoms. The maximum Gasteiger partial charge on any atom is 0.226 e. The Morgan fingerprint density at radius 2 is 1.85 bits per heavy atom. The van der Waals surface area contributed by atoms with Crippen LogP contribution in [0.4, 0.5) is 0 Å². The zero-order valence-electron chi connectivity index (χ0n) is 19.7. The first kappa shape index (κ1) is 22.3. The number of fused-ring (bicyclic) bond motifs is 3. The molecule has 1 aromatic heterocycles. The second kappa shape index (κ2) is 9.04. The summed E-state index contributed by atoms with van der Waals surface area (Å²) in [7, 11) is 0. The lowest BCUT2D eigenvalue weighted by Gasteiger charge is -2.44. The van der Waals surface area contributed by atoms with Crippen LogP contribution in [0.2, 0.25) is 0 Å². The van der Waals surface area contributed by atoms with Gasteiger partial charge in [-0.15, -0.1) is 0 Å². The van der Waals surface area contributed by atoms with E-state index < -0.39 is 5.41 Å². The van der Waals surface area contributed by atoms with Crippen LogP contribution in [-0.4, -0.2) is 21.9 Å². The molecule has 0 radical (unpaired) electrons. The molecular weight excluding hydrogens is 422 g/mol. The zero-order chi connectivity index (χ0) is 23.7. The molecule has 5 nitrogen and oxygen atoms in total. The van der Waals surface area contributed by atoms with Crippen LogP contribution < -0.4 is 0 Å². The first-order valence-electron chi connectivity index (χ1n) is 12.0. The van der Waals surface area contributed by atoms with E-state index in [2.05, 4.69) is 40.6 Å². The molecule has 0 N–H and O–H groups in total. The Labute approximate surface area is 200 Å². The fourth-order valence-corrected chi connectivity index (χ4v) is 5.72. The van der Waals surface area contributed by atoms with Crippen LogP contribution in [0.15, 0.2) is 72.4 Å². The second-order valence-corrected chi connectivity index (χ2v) is 9.50. The highest BCUT2D eigenvalue weighted by Crippen LogP contribution is 2.50. The largest absolute Gasteiger partial charge is 0.376 e. The van der Waals surface area contributed by atoms with E-state index in [9.17, 15) is 4.79 Å². The fraction of sp³-hybridized carbons (Fsp3) is 0.345. The summed E-state index contributed by atoms with van der Waals surface area (Å²) < 4.78 is 8.27. The molecule has 0 unspecified atom stereocenters. The van der Waals surface area contributed by atoms with Crippen molar-refractivity contribution < 1.29 is 9.53 Å². The molecule has 0 spiro atoms. The third-order valence-electron chi connectivity index (χ3n) is 7.44. The number of Topliss-reactive ketones (excluding diaryl/α,β-unsaturated/α-hetero) is 1. The van der Waals surface area contributed by atoms with Gasteiger partial charge in [-0.25, -0.2) is 9.83 Å². The summed E-state index contributed by atoms with van der Waals surface area (Å²) in [6, 6.07) is 20.5. The van der Waals surface area contributed by atoms with Gasteiger partial charge in [-0.2, -0.15) is 0 Å². The number of nitrogens with zero attached hydrogens (tertiary/aromatic N) is 3. The highest BCUT2D eigenvalue weighted by molar-refractivity contribution is 6.00. The topological polar surface area (TPSA) is 48.5 Å². The van der Waals surface area contributed by atoms with Crippen LogP contribution in [0.25, 0.3) is 10.5 Å². The number of para-hydroxylation sites is 1. The van der Waals surface area contributed by atoms with Gasteiger partial charge in [0.15, 0.2) is 5.78 Å². The van der Waals surface area contributed by atoms with E-state index in [1.54, 1.807) is 0 Å². The van der Waals surface area contributed by atoms with Crippen LogP contribution in [0.1, 0.15) is 43.0 Å². The monoisotopic (exact) mass is 451 g/mol. The number of carbonyl (C=O) groups is 1. The third-order valence-corrected chi connectivity index (χ3v) is 7.44. The molecular formula is C29H29N3O2. The number of rotatable bonds is 6. The summed E-state index contributed by atoms with van der Waals surface area (Å²) in [5, 5.41) is 0. The maximum absolute atomic E-state index is 12.7. The minimum Gasteiger partial charge on any atom is -0.376 e. The molecule has 0 bridgehead atoms. The number of imidazole rings is 1. The number of hydrogen-bond acceptors (Lipinski definition) is 3. The van der Waals surface area contributed by atoms with Crippen molar-refractivity contribution in [1.82, 2.24) is 9.55 Å². The van der Waals surface area contributed by atoms with Crippen molar-refractivity contribution in [2.75, 3.05) is 6.61 Å². The first-order chi connectivity index (χ1) is 16.5. The van der Waals surface area contributed by atoms with Crippen molar-refractivity contribution in [3.05, 3.63) is 107 Å². The number of ketones is 1. The van der Waals surface area contributed by atoms with Gasteiger partial charge in [0.2, 0.25) is 5.70 Å². The molecule has 2 aliphatic carbocycles. The van der Waals surface area contributed by atoms with E-state index in [1.807, 2.05) is 49.4 Å². The van der Waals surface area contributed by atoms with Crippen molar-refractivity contribution in [2.24, 2.45) is 11.8 Å². The number of ether oxygens (including phenoxy) is 1. The average Bonchev–Trinajstić information content (AvgIpc) is 3.25. The number of allylic oxidation sites excluding steroid dienone is 2. The molecule has 2 aromatic carbocycles. The average molecular weight is 452 g/mol. The lowest BCUT2D eigenvalue weighted by atomic mass is 9.59. The number of carbonyl (C=O) groups excluding carboxylic acids is 1. The Morgan fingerprint density at radius 3 is 2.56 bits per heavy atom. The van der Waals surface area contributed by atoms with Crippen molar-refractivity contribution in [1.29, 1.82) is 0 Å². The Bertz CT molecular complexity index is 1270. The Morgan fingerprint density at radius 1 is 1.15 bits per heavy atom. The van der Waals surface area contributed by atoms with Gasteiger partial charge < -0.3 is 14.1 Å². The molecule has 0 fully saturated rings. The van der Waals surface area contributed by atoms with Gasteiger partial charge >= 0.3 is 0 Å². The first-order valence-corrected chi connectivity index (χ1v) is 12.0. The van der Waals surface area contributed by atoms with E-state index in [4.69, 9.17) is 16.3 Å². The lowest BCUT2D eigenvalue weighted by Crippen LogP contribution is -2.45. The van der Waals surface area contributed by atoms with E-state index in [1.165, 1.54) is 5.69 Å². The minimum absolute atomic E-state index is 0.0297. The van der Waals surface area contributed by atoms with Gasteiger partial charge in [0.25, 0.3) is 0 Å². The smallest absolute Gasteiger partial charge is 0.226 e. The highest BCUT2D eigenvalue weighted by atomic mass is 16.5. The van der Waals surface area contributed by atoms with Gasteiger partial charge in [-0.3, -0.25) is 0 Å². The van der Waals surface area contributed by atoms with Crippen molar-refractivity contribution in [3.63, 3.8) is 0 Å². The molecule has 3 atom stereocenters. The van der Waals surface area contributed by atoms with Crippen molar-refractivity contribution in [3.8, 4) is 5.69 Å². The SMILES string of the molecule is [C-]#[N+]C1=C[C@]2(C)c3nc(CCOCc4ccccc4)n(-c4ccccc4)c3CC[C@H]2[C@H](C)C1=O. The Hall–Kier alpha value is -3.49. The maximum atomic E-state index is 12.7. The third kappa shape index (κ3) is 3.78. The second-order valence-electron chi connectivity index (χ2n) is 9.50. The molecule has 3 aromatic rings. The van der Waals surface area contributed by atoms with Crippen LogP contribution in [0, 0.1) is 18.4 Å². The van der Waals surface area contributed by atoms with Gasteiger partial charge in [0.1, 0.15) is 5.82 Å². The van der Waals surface area contributed by atoms with Crippen LogP contribution in [0.5, 0.6) is 0 Å². The summed E-state index contributed by atoms with van der Waals surface area (Å²) in [5.41, 5.74) is 4.25. The number of hydrogen-bond donors (Lipinski definition) is 0. The molecule has 0 saturated heterocycles. The molecule has 0 amide bonds. The molecule has 0 saturated carbocycles. The quantitative estimate of drug-likeness (QED) is 0.369. The molecule has 0 aliphatic heterocycles. The molecule has 1 heterocycles. The van der Waals surface area contributed by atoms with Crippen LogP contribution in [-0.2, 0) is 34.4 Å². The van der Waals surface area contributed by atoms with Crippen LogP contribution >= 0.6 is 0 Å². The van der Waals surface area contributed by atoms with E-state index in [0.717, 1.165) is 35.6 Å². The van der Waals surface area contributed by atoms with Gasteiger partial charge in [0.05, 0.1) is 25.5 Å². The fourth-order valence-electron chi connectivity index (χ4n) is 5.72. The summed E-state index contributed by atoms with van der Waals surface area (Å²) >= 11 is 0. The Kier molecular flexibility index (Phi) is 5.93. The van der Waals surface area contributed by atoms with E-state index in [0.29, 0.717) is 19.6 Å². The summed E-state index contributed by atoms with van der Waals surface area (Å²) in [5.74, 6) is 0.914. The molecule has 2 aliphatic rings. The van der Waals surface area contributed by atoms with Gasteiger partial charge in [0, 0.05) is 29.1 Å². The molecule has 5 rings (SSSR count). The summed E-state index contributed by atoms with van der Waals surface area (Å²) in [4.78, 5) is 21.5. The van der Waals surface area contributed by atoms with E-state index >= 15 is 0 Å². The number of benzene rings is 2. The van der Waals surface area contributed by atoms with Gasteiger partial charge in [-0.05, 0) is 36.5 Å². The Balaban J connectivity index is 1.51. The standard InChI is InChI=1S/C29H29N3O2/c1-20-23-14-15-25-28(29(23,2)18-24(30-3)27(20)33)31-26(32(25)22-12-8-5-9-13-22)16-17-34-19-21-10-6-4-7-11-21/h4-13,18,20,23H,14-17,19H2,1-2H3/t20-,23-,29-/m0/s1. The predicted molar refractivity (Wildman–Crippen MR) is 131 cm³/mol. The van der Waals surface area contributed by atoms with Gasteiger partial charge in [-0.1, -0.05) is 68.5 Å². The summed E-state index contributed by atoms with van der Waals surface area (Å²) in [6.45, 7) is 12.8. The summed E-state index contributed by atoms with van der Waals surface area (Å²) in [6.07, 6.45) is 4.34. The molecule has 172 valence electrons. The van der Waals surface area contributed by atoms with Crippen molar-refractivity contribution in [2.45, 2.75) is 45.1 Å². The van der Waals surface area contributed by atoms with Crippen LogP contribution in [0.3, 0.4) is 0 Å². The highest BCUT2D eigenvalue weighted by Gasteiger charge is 2.50. The lowest BCUT2D eigenvalue weighted by molar-refractivity contribution is -0.121. The normalized spacial score (nSPS) is 23.6.